The van der Waals surface area contributed by atoms with Gasteiger partial charge in [0.1, 0.15) is 4.88 Å². The van der Waals surface area contributed by atoms with Crippen LogP contribution in [0.3, 0.4) is 0 Å². The maximum atomic E-state index is 10.8. The van der Waals surface area contributed by atoms with Crippen molar-refractivity contribution >= 4 is 22.3 Å². The topological polar surface area (TPSA) is 64.3 Å². The number of aromatic carboxylic acids is 1. The van der Waals surface area contributed by atoms with Crippen LogP contribution in [0.25, 0.3) is 0 Å². The van der Waals surface area contributed by atoms with Gasteiger partial charge in [0.15, 0.2) is 0 Å². The second-order valence-corrected chi connectivity index (χ2v) is 4.84. The minimum absolute atomic E-state index is 0.359. The Morgan fingerprint density at radius 3 is 2.88 bits per heavy atom. The van der Waals surface area contributed by atoms with Gasteiger partial charge in [0, 0.05) is 12.6 Å². The lowest BCUT2D eigenvalue weighted by Crippen LogP contribution is -2.25. The zero-order valence-corrected chi connectivity index (χ0v) is 9.54. The predicted octanol–water partition coefficient (Wildman–Crippen LogP) is 2.33. The lowest BCUT2D eigenvalue weighted by molar-refractivity contribution is 0.0702. The summed E-state index contributed by atoms with van der Waals surface area (Å²) in [5.74, 6) is -0.882. The molecular weight excluding hydrogens is 224 g/mol. The van der Waals surface area contributed by atoms with Gasteiger partial charge in [-0.05, 0) is 25.0 Å². The van der Waals surface area contributed by atoms with Crippen molar-refractivity contribution in [2.45, 2.75) is 25.3 Å². The van der Waals surface area contributed by atoms with Crippen LogP contribution in [-0.4, -0.2) is 23.7 Å². The van der Waals surface area contributed by atoms with E-state index in [1.54, 1.807) is 6.07 Å². The van der Waals surface area contributed by atoms with Crippen LogP contribution in [0.15, 0.2) is 12.1 Å². The molecule has 0 atom stereocenters. The number of carboxylic acid groups (broad SMARTS) is 1. The first-order chi connectivity index (χ1) is 7.72. The van der Waals surface area contributed by atoms with Gasteiger partial charge in [-0.25, -0.2) is 4.79 Å². The second kappa shape index (κ2) is 4.54. The molecule has 1 aliphatic carbocycles. The molecule has 1 fully saturated rings. The molecule has 1 heterocycles. The molecule has 1 saturated carbocycles. The Hall–Kier alpha value is -1.54. The maximum absolute atomic E-state index is 10.8. The summed E-state index contributed by atoms with van der Waals surface area (Å²) in [4.78, 5) is 13.3. The summed E-state index contributed by atoms with van der Waals surface area (Å²) in [6.07, 6.45) is 2.77. The Bertz CT molecular complexity index is 431. The third kappa shape index (κ3) is 2.34. The van der Waals surface area contributed by atoms with E-state index in [-0.39, 0.29) is 0 Å². The van der Waals surface area contributed by atoms with Crippen LogP contribution in [0, 0.1) is 11.3 Å². The first-order valence-electron chi connectivity index (χ1n) is 5.19. The van der Waals surface area contributed by atoms with Crippen molar-refractivity contribution in [3.05, 3.63) is 17.0 Å². The van der Waals surface area contributed by atoms with Gasteiger partial charge in [-0.1, -0.05) is 0 Å². The Balaban J connectivity index is 2.12. The van der Waals surface area contributed by atoms with E-state index in [9.17, 15) is 4.79 Å². The highest BCUT2D eigenvalue weighted by Gasteiger charge is 2.30. The summed E-state index contributed by atoms with van der Waals surface area (Å²) in [6.45, 7) is 0.695. The van der Waals surface area contributed by atoms with E-state index >= 15 is 0 Å². The average Bonchev–Trinajstić information content (AvgIpc) is 2.96. The molecule has 16 heavy (non-hydrogen) atoms. The summed E-state index contributed by atoms with van der Waals surface area (Å²) in [5.41, 5.74) is 0. The van der Waals surface area contributed by atoms with Crippen molar-refractivity contribution < 1.29 is 9.90 Å². The van der Waals surface area contributed by atoms with Gasteiger partial charge >= 0.3 is 5.97 Å². The Labute approximate surface area is 97.7 Å². The van der Waals surface area contributed by atoms with E-state index in [1.807, 2.05) is 6.07 Å². The van der Waals surface area contributed by atoms with Crippen molar-refractivity contribution in [1.29, 1.82) is 5.26 Å². The first-order valence-corrected chi connectivity index (χ1v) is 6.00. The Kier molecular flexibility index (Phi) is 3.11. The summed E-state index contributed by atoms with van der Waals surface area (Å²) < 4.78 is 0. The van der Waals surface area contributed by atoms with Crippen LogP contribution in [0.5, 0.6) is 0 Å². The summed E-state index contributed by atoms with van der Waals surface area (Å²) in [5, 5.41) is 18.4. The van der Waals surface area contributed by atoms with Crippen molar-refractivity contribution in [2.75, 3.05) is 11.4 Å². The number of nitriles is 1. The fraction of sp³-hybridized carbons (Fsp3) is 0.455. The van der Waals surface area contributed by atoms with Gasteiger partial charge in [-0.15, -0.1) is 11.3 Å². The van der Waals surface area contributed by atoms with Gasteiger partial charge in [-0.3, -0.25) is 0 Å². The lowest BCUT2D eigenvalue weighted by Gasteiger charge is -2.21. The van der Waals surface area contributed by atoms with Gasteiger partial charge < -0.3 is 10.0 Å². The average molecular weight is 236 g/mol. The van der Waals surface area contributed by atoms with Crippen molar-refractivity contribution in [3.8, 4) is 6.07 Å². The number of anilines is 1. The number of nitrogens with zero attached hydrogens (tertiary/aromatic N) is 2. The van der Waals surface area contributed by atoms with Gasteiger partial charge in [0.05, 0.1) is 17.5 Å². The summed E-state index contributed by atoms with van der Waals surface area (Å²) >= 11 is 1.28. The smallest absolute Gasteiger partial charge is 0.345 e. The molecule has 1 aromatic heterocycles. The molecule has 1 aliphatic rings. The Morgan fingerprint density at radius 1 is 1.62 bits per heavy atom. The van der Waals surface area contributed by atoms with Crippen LogP contribution >= 0.6 is 11.3 Å². The molecule has 0 aliphatic heterocycles. The minimum Gasteiger partial charge on any atom is -0.477 e. The third-order valence-corrected chi connectivity index (χ3v) is 3.65. The van der Waals surface area contributed by atoms with E-state index in [1.165, 1.54) is 11.3 Å². The number of rotatable bonds is 5. The highest BCUT2D eigenvalue weighted by molar-refractivity contribution is 7.17. The van der Waals surface area contributed by atoms with E-state index in [0.29, 0.717) is 23.9 Å². The minimum atomic E-state index is -0.882. The molecule has 84 valence electrons. The second-order valence-electron chi connectivity index (χ2n) is 3.78. The van der Waals surface area contributed by atoms with E-state index in [4.69, 9.17) is 10.4 Å². The molecule has 0 bridgehead atoms. The fourth-order valence-corrected chi connectivity index (χ4v) is 2.57. The standard InChI is InChI=1S/C11H12N2O2S/c12-6-1-7-13(8-2-3-8)10-5-4-9(16-10)11(14)15/h4-5,8H,1-3,7H2,(H,14,15). The van der Waals surface area contributed by atoms with Crippen molar-refractivity contribution in [1.82, 2.24) is 0 Å². The predicted molar refractivity (Wildman–Crippen MR) is 61.9 cm³/mol. The lowest BCUT2D eigenvalue weighted by atomic mass is 10.4. The zero-order chi connectivity index (χ0) is 11.5. The van der Waals surface area contributed by atoms with Gasteiger partial charge in [-0.2, -0.15) is 5.26 Å². The molecule has 0 aromatic carbocycles. The molecule has 4 nitrogen and oxygen atoms in total. The number of hydrogen-bond acceptors (Lipinski definition) is 4. The third-order valence-electron chi connectivity index (χ3n) is 2.54. The molecule has 0 saturated heterocycles. The molecule has 0 radical (unpaired) electrons. The van der Waals surface area contributed by atoms with E-state index in [0.717, 1.165) is 17.8 Å². The SMILES string of the molecule is N#CCCN(c1ccc(C(=O)O)s1)C1CC1. The number of hydrogen-bond donors (Lipinski definition) is 1. The molecule has 1 N–H and O–H groups in total. The molecular formula is C11H12N2O2S. The van der Waals surface area contributed by atoms with Gasteiger partial charge in [0.25, 0.3) is 0 Å². The van der Waals surface area contributed by atoms with Crippen LogP contribution in [0.4, 0.5) is 5.00 Å². The zero-order valence-electron chi connectivity index (χ0n) is 8.72. The van der Waals surface area contributed by atoms with Gasteiger partial charge in [0.2, 0.25) is 0 Å². The molecule has 0 amide bonds. The molecule has 5 heteroatoms. The highest BCUT2D eigenvalue weighted by Crippen LogP contribution is 2.35. The van der Waals surface area contributed by atoms with Crippen LogP contribution in [0.1, 0.15) is 28.9 Å². The number of carboxylic acids is 1. The Morgan fingerprint density at radius 2 is 2.38 bits per heavy atom. The first kappa shape index (κ1) is 11.0. The van der Waals surface area contributed by atoms with E-state index in [2.05, 4.69) is 11.0 Å². The fourth-order valence-electron chi connectivity index (χ4n) is 1.63. The summed E-state index contributed by atoms with van der Waals surface area (Å²) in [7, 11) is 0. The highest BCUT2D eigenvalue weighted by atomic mass is 32.1. The molecule has 2 rings (SSSR count). The van der Waals surface area contributed by atoms with Crippen LogP contribution in [0.2, 0.25) is 0 Å². The van der Waals surface area contributed by atoms with Crippen molar-refractivity contribution in [2.24, 2.45) is 0 Å². The van der Waals surface area contributed by atoms with E-state index < -0.39 is 5.97 Å². The normalized spacial score (nSPS) is 14.4. The molecule has 0 spiro atoms. The van der Waals surface area contributed by atoms with Crippen LogP contribution < -0.4 is 4.90 Å². The number of thiophene rings is 1. The molecule has 0 unspecified atom stereocenters. The quantitative estimate of drug-likeness (QED) is 0.852. The summed E-state index contributed by atoms with van der Waals surface area (Å²) in [6, 6.07) is 6.10. The van der Waals surface area contributed by atoms with Crippen LogP contribution in [-0.2, 0) is 0 Å². The van der Waals surface area contributed by atoms with Crippen molar-refractivity contribution in [3.63, 3.8) is 0 Å². The number of carbonyl (C=O) groups is 1. The maximum Gasteiger partial charge on any atom is 0.345 e. The monoisotopic (exact) mass is 236 g/mol. The molecule has 1 aromatic rings. The largest absolute Gasteiger partial charge is 0.477 e.